The maximum absolute atomic E-state index is 13.6. The lowest BCUT2D eigenvalue weighted by Gasteiger charge is -2.29. The van der Waals surface area contributed by atoms with Gasteiger partial charge in [-0.3, -0.25) is 9.36 Å². The Morgan fingerprint density at radius 1 is 1.15 bits per heavy atom. The first-order valence-corrected chi connectivity index (χ1v) is 11.0. The van der Waals surface area contributed by atoms with Gasteiger partial charge in [0.2, 0.25) is 0 Å². The Labute approximate surface area is 189 Å². The van der Waals surface area contributed by atoms with Crippen molar-refractivity contribution in [2.75, 3.05) is 11.4 Å². The molecule has 164 valence electrons. The molecule has 5 heterocycles. The normalized spacial score (nSPS) is 18.4. The zero-order valence-corrected chi connectivity index (χ0v) is 18.2. The van der Waals surface area contributed by atoms with E-state index >= 15 is 0 Å². The second-order valence-corrected chi connectivity index (χ2v) is 8.45. The van der Waals surface area contributed by atoms with Gasteiger partial charge in [0.25, 0.3) is 5.56 Å². The molecule has 0 bridgehead atoms. The van der Waals surface area contributed by atoms with Crippen molar-refractivity contribution < 1.29 is 0 Å². The van der Waals surface area contributed by atoms with Crippen LogP contribution in [0.15, 0.2) is 72.6 Å². The lowest BCUT2D eigenvalue weighted by atomic mass is 10.0. The molecule has 0 saturated carbocycles. The molecule has 8 nitrogen and oxygen atoms in total. The molecule has 1 aromatic carbocycles. The van der Waals surface area contributed by atoms with E-state index in [1.54, 1.807) is 21.5 Å². The first-order chi connectivity index (χ1) is 16.2. The minimum Gasteiger partial charge on any atom is -0.345 e. The van der Waals surface area contributed by atoms with Crippen molar-refractivity contribution in [2.45, 2.75) is 19.4 Å². The van der Waals surface area contributed by atoms with Gasteiger partial charge in [-0.1, -0.05) is 37.8 Å². The van der Waals surface area contributed by atoms with E-state index in [9.17, 15) is 4.79 Å². The van der Waals surface area contributed by atoms with E-state index in [0.717, 1.165) is 41.1 Å². The van der Waals surface area contributed by atoms with Crippen LogP contribution in [0.4, 0.5) is 5.82 Å². The highest BCUT2D eigenvalue weighted by Gasteiger charge is 2.38. The molecular weight excluding hydrogens is 414 g/mol. The molecule has 0 spiro atoms. The predicted octanol–water partition coefficient (Wildman–Crippen LogP) is 3.99. The van der Waals surface area contributed by atoms with Gasteiger partial charge in [0.15, 0.2) is 5.82 Å². The first kappa shape index (κ1) is 19.5. The van der Waals surface area contributed by atoms with Gasteiger partial charge in [-0.2, -0.15) is 5.10 Å². The molecule has 33 heavy (non-hydrogen) atoms. The Balaban J connectivity index is 1.62. The van der Waals surface area contributed by atoms with Crippen LogP contribution in [0.1, 0.15) is 30.8 Å². The average Bonchev–Trinajstić information content (AvgIpc) is 3.57. The zero-order chi connectivity index (χ0) is 22.5. The van der Waals surface area contributed by atoms with Crippen LogP contribution in [0, 0.1) is 5.92 Å². The van der Waals surface area contributed by atoms with E-state index in [-0.39, 0.29) is 17.5 Å². The van der Waals surface area contributed by atoms with Crippen molar-refractivity contribution in [1.82, 2.24) is 29.1 Å². The summed E-state index contributed by atoms with van der Waals surface area (Å²) in [7, 11) is 0. The molecule has 2 atom stereocenters. The van der Waals surface area contributed by atoms with E-state index in [1.165, 1.54) is 0 Å². The lowest BCUT2D eigenvalue weighted by Crippen LogP contribution is -2.34. The van der Waals surface area contributed by atoms with Crippen LogP contribution in [-0.2, 0) is 0 Å². The van der Waals surface area contributed by atoms with Crippen molar-refractivity contribution in [2.24, 2.45) is 5.92 Å². The van der Waals surface area contributed by atoms with Crippen LogP contribution in [0.2, 0.25) is 0 Å². The molecule has 8 heteroatoms. The van der Waals surface area contributed by atoms with Crippen LogP contribution < -0.4 is 10.5 Å². The minimum absolute atomic E-state index is 0.0866. The second kappa shape index (κ2) is 7.44. The van der Waals surface area contributed by atoms with Crippen LogP contribution in [-0.4, -0.2) is 35.7 Å². The monoisotopic (exact) mass is 437 g/mol. The van der Waals surface area contributed by atoms with E-state index in [0.29, 0.717) is 11.3 Å². The van der Waals surface area contributed by atoms with Gasteiger partial charge in [-0.15, -0.1) is 0 Å². The van der Waals surface area contributed by atoms with Crippen LogP contribution >= 0.6 is 0 Å². The number of hydrogen-bond acceptors (Lipinski definition) is 5. The average molecular weight is 438 g/mol. The van der Waals surface area contributed by atoms with Gasteiger partial charge in [-0.05, 0) is 36.6 Å². The second-order valence-electron chi connectivity index (χ2n) is 8.45. The summed E-state index contributed by atoms with van der Waals surface area (Å²) in [5.41, 5.74) is 2.98. The maximum atomic E-state index is 13.6. The summed E-state index contributed by atoms with van der Waals surface area (Å²) >= 11 is 0. The third-order valence-corrected chi connectivity index (χ3v) is 6.54. The molecule has 1 fully saturated rings. The molecule has 6 rings (SSSR count). The van der Waals surface area contributed by atoms with Crippen LogP contribution in [0.25, 0.3) is 28.3 Å². The van der Waals surface area contributed by atoms with Gasteiger partial charge in [0.05, 0.1) is 17.1 Å². The summed E-state index contributed by atoms with van der Waals surface area (Å²) in [5.74, 6) is 1.78. The SMILES string of the molecule is C=Cc1c[nH]c2ncnc(N3CCC(C)[C@H]3c3nn4cccc4c(=O)n3-c3ccccc3)c12. The highest BCUT2D eigenvalue weighted by molar-refractivity contribution is 5.95. The Bertz CT molecular complexity index is 1550. The zero-order valence-electron chi connectivity index (χ0n) is 18.2. The summed E-state index contributed by atoms with van der Waals surface area (Å²) in [6.07, 6.45) is 8.06. The summed E-state index contributed by atoms with van der Waals surface area (Å²) in [6, 6.07) is 13.2. The number of anilines is 1. The smallest absolute Gasteiger partial charge is 0.282 e. The van der Waals surface area contributed by atoms with Crippen molar-refractivity contribution in [3.8, 4) is 5.69 Å². The number of rotatable bonds is 4. The third-order valence-electron chi connectivity index (χ3n) is 6.54. The Hall–Kier alpha value is -4.20. The highest BCUT2D eigenvalue weighted by atomic mass is 16.1. The molecule has 0 aliphatic carbocycles. The molecule has 4 aromatic heterocycles. The fourth-order valence-corrected chi connectivity index (χ4v) is 4.95. The maximum Gasteiger partial charge on any atom is 0.282 e. The number of benzene rings is 1. The van der Waals surface area contributed by atoms with Crippen molar-refractivity contribution in [3.63, 3.8) is 0 Å². The third kappa shape index (κ3) is 2.91. The molecule has 1 saturated heterocycles. The Morgan fingerprint density at radius 3 is 2.82 bits per heavy atom. The molecule has 0 radical (unpaired) electrons. The van der Waals surface area contributed by atoms with Crippen molar-refractivity contribution in [3.05, 3.63) is 89.5 Å². The summed E-state index contributed by atoms with van der Waals surface area (Å²) in [5, 5.41) is 5.89. The number of nitrogens with one attached hydrogen (secondary N) is 1. The molecule has 1 N–H and O–H groups in total. The number of fused-ring (bicyclic) bond motifs is 2. The molecule has 1 aliphatic heterocycles. The number of nitrogens with zero attached hydrogens (tertiary/aromatic N) is 6. The number of hydrogen-bond donors (Lipinski definition) is 1. The van der Waals surface area contributed by atoms with Gasteiger partial charge >= 0.3 is 0 Å². The number of aromatic amines is 1. The first-order valence-electron chi connectivity index (χ1n) is 11.0. The van der Waals surface area contributed by atoms with Gasteiger partial charge in [0.1, 0.15) is 23.3 Å². The van der Waals surface area contributed by atoms with Crippen molar-refractivity contribution in [1.29, 1.82) is 0 Å². The largest absolute Gasteiger partial charge is 0.345 e. The van der Waals surface area contributed by atoms with E-state index in [2.05, 4.69) is 33.4 Å². The fraction of sp³-hybridized carbons (Fsp3) is 0.200. The van der Waals surface area contributed by atoms with Gasteiger partial charge < -0.3 is 9.88 Å². The van der Waals surface area contributed by atoms with E-state index < -0.39 is 0 Å². The Kier molecular flexibility index (Phi) is 4.39. The molecule has 0 amide bonds. The topological polar surface area (TPSA) is 84.1 Å². The van der Waals surface area contributed by atoms with E-state index in [4.69, 9.17) is 5.10 Å². The standard InChI is InChI=1S/C25H23N7O/c1-3-17-14-26-22-20(17)23(28-15-27-22)30-13-11-16(2)21(30)24-29-31-12-7-10-19(31)25(33)32(24)18-8-5-4-6-9-18/h3-10,12,14-16,21H,1,11,13H2,2H3,(H,26,27,28)/t16?,21-/m0/s1. The minimum atomic E-state index is -0.143. The summed E-state index contributed by atoms with van der Waals surface area (Å²) in [4.78, 5) is 28.2. The summed E-state index contributed by atoms with van der Waals surface area (Å²) < 4.78 is 3.43. The van der Waals surface area contributed by atoms with Gasteiger partial charge in [0, 0.05) is 24.5 Å². The molecule has 1 aliphatic rings. The number of para-hydroxylation sites is 1. The molecule has 1 unspecified atom stereocenters. The predicted molar refractivity (Wildman–Crippen MR) is 129 cm³/mol. The number of aromatic nitrogens is 6. The molecule has 5 aromatic rings. The van der Waals surface area contributed by atoms with Crippen LogP contribution in [0.3, 0.4) is 0 Å². The highest BCUT2D eigenvalue weighted by Crippen LogP contribution is 2.41. The van der Waals surface area contributed by atoms with Crippen molar-refractivity contribution >= 4 is 28.4 Å². The van der Waals surface area contributed by atoms with Gasteiger partial charge in [-0.25, -0.2) is 14.5 Å². The van der Waals surface area contributed by atoms with Crippen LogP contribution in [0.5, 0.6) is 0 Å². The number of H-pyrrole nitrogens is 1. The quantitative estimate of drug-likeness (QED) is 0.460. The molecular formula is C25H23N7O. The summed E-state index contributed by atoms with van der Waals surface area (Å²) in [6.45, 7) is 6.96. The Morgan fingerprint density at radius 2 is 2.00 bits per heavy atom. The van der Waals surface area contributed by atoms with E-state index in [1.807, 2.05) is 54.9 Å². The lowest BCUT2D eigenvalue weighted by molar-refractivity contribution is 0.485. The fourth-order valence-electron chi connectivity index (χ4n) is 4.95.